The van der Waals surface area contributed by atoms with Crippen molar-refractivity contribution >= 4 is 11.9 Å². The molecular weight excluding hydrogens is 198 g/mol. The number of hydrogen-bond donors (Lipinski definition) is 1. The van der Waals surface area contributed by atoms with Crippen molar-refractivity contribution in [3.05, 3.63) is 0 Å². The number of carbonyl (C=O) groups is 2. The van der Waals surface area contributed by atoms with Gasteiger partial charge in [-0.2, -0.15) is 0 Å². The van der Waals surface area contributed by atoms with E-state index >= 15 is 0 Å². The molecule has 1 fully saturated rings. The Morgan fingerprint density at radius 1 is 1.53 bits per heavy atom. The van der Waals surface area contributed by atoms with E-state index in [0.717, 1.165) is 6.42 Å². The Hall–Kier alpha value is -1.10. The van der Waals surface area contributed by atoms with Gasteiger partial charge in [0.1, 0.15) is 12.6 Å². The molecule has 1 heterocycles. The largest absolute Gasteiger partial charge is 0.480 e. The van der Waals surface area contributed by atoms with E-state index in [-0.39, 0.29) is 18.5 Å². The van der Waals surface area contributed by atoms with Crippen LogP contribution >= 0.6 is 0 Å². The highest BCUT2D eigenvalue weighted by Gasteiger charge is 2.30. The Morgan fingerprint density at radius 3 is 2.60 bits per heavy atom. The molecule has 0 aromatic heterocycles. The standard InChI is InChI=1S/C10H17NO4/c1-7(2)11(6-9(12)13)10(14)8-4-3-5-15-8/h7-8H,3-6H2,1-2H3,(H,12,13). The van der Waals surface area contributed by atoms with Crippen molar-refractivity contribution in [1.29, 1.82) is 0 Å². The molecule has 5 nitrogen and oxygen atoms in total. The predicted octanol–water partition coefficient (Wildman–Crippen LogP) is 0.487. The summed E-state index contributed by atoms with van der Waals surface area (Å²) >= 11 is 0. The van der Waals surface area contributed by atoms with E-state index in [1.54, 1.807) is 13.8 Å². The number of nitrogens with zero attached hydrogens (tertiary/aromatic N) is 1. The fraction of sp³-hybridized carbons (Fsp3) is 0.800. The zero-order chi connectivity index (χ0) is 11.4. The van der Waals surface area contributed by atoms with E-state index in [2.05, 4.69) is 0 Å². The summed E-state index contributed by atoms with van der Waals surface area (Å²) in [5.41, 5.74) is 0. The average Bonchev–Trinajstić information content (AvgIpc) is 2.65. The second-order valence-electron chi connectivity index (χ2n) is 3.96. The second kappa shape index (κ2) is 5.11. The summed E-state index contributed by atoms with van der Waals surface area (Å²) in [6.07, 6.45) is 1.13. The maximum Gasteiger partial charge on any atom is 0.323 e. The van der Waals surface area contributed by atoms with Crippen LogP contribution in [0, 0.1) is 0 Å². The van der Waals surface area contributed by atoms with Crippen LogP contribution in [0.5, 0.6) is 0 Å². The van der Waals surface area contributed by atoms with E-state index in [1.165, 1.54) is 4.90 Å². The minimum Gasteiger partial charge on any atom is -0.480 e. The van der Waals surface area contributed by atoms with Gasteiger partial charge in [-0.15, -0.1) is 0 Å². The molecule has 0 aromatic carbocycles. The van der Waals surface area contributed by atoms with Crippen molar-refractivity contribution in [1.82, 2.24) is 4.90 Å². The van der Waals surface area contributed by atoms with E-state index in [9.17, 15) is 9.59 Å². The van der Waals surface area contributed by atoms with Gasteiger partial charge in [0.05, 0.1) is 0 Å². The zero-order valence-corrected chi connectivity index (χ0v) is 9.10. The summed E-state index contributed by atoms with van der Waals surface area (Å²) in [6.45, 7) is 3.94. The Morgan fingerprint density at radius 2 is 2.20 bits per heavy atom. The molecule has 1 aliphatic rings. The van der Waals surface area contributed by atoms with Gasteiger partial charge in [0.2, 0.25) is 0 Å². The van der Waals surface area contributed by atoms with Crippen molar-refractivity contribution < 1.29 is 19.4 Å². The van der Waals surface area contributed by atoms with Crippen LogP contribution in [-0.4, -0.2) is 47.2 Å². The summed E-state index contributed by atoms with van der Waals surface area (Å²) in [6, 6.07) is -0.113. The molecule has 0 aromatic rings. The number of rotatable bonds is 4. The zero-order valence-electron chi connectivity index (χ0n) is 9.10. The fourth-order valence-corrected chi connectivity index (χ4v) is 1.62. The first-order chi connectivity index (χ1) is 7.02. The molecule has 1 atom stereocenters. The fourth-order valence-electron chi connectivity index (χ4n) is 1.62. The van der Waals surface area contributed by atoms with E-state index in [1.807, 2.05) is 0 Å². The number of carboxylic acids is 1. The van der Waals surface area contributed by atoms with E-state index < -0.39 is 12.1 Å². The lowest BCUT2D eigenvalue weighted by Crippen LogP contribution is -2.45. The Kier molecular flexibility index (Phi) is 4.08. The number of aliphatic carboxylic acids is 1. The van der Waals surface area contributed by atoms with Gasteiger partial charge in [-0.1, -0.05) is 0 Å². The second-order valence-corrected chi connectivity index (χ2v) is 3.96. The van der Waals surface area contributed by atoms with Gasteiger partial charge in [-0.05, 0) is 26.7 Å². The van der Waals surface area contributed by atoms with Gasteiger partial charge in [0, 0.05) is 12.6 Å². The molecule has 1 amide bonds. The van der Waals surface area contributed by atoms with E-state index in [4.69, 9.17) is 9.84 Å². The quantitative estimate of drug-likeness (QED) is 0.741. The van der Waals surface area contributed by atoms with Crippen LogP contribution in [0.2, 0.25) is 0 Å². The van der Waals surface area contributed by atoms with Crippen molar-refractivity contribution in [3.8, 4) is 0 Å². The molecule has 86 valence electrons. The maximum absolute atomic E-state index is 11.9. The SMILES string of the molecule is CC(C)N(CC(=O)O)C(=O)C1CCCO1. The van der Waals surface area contributed by atoms with Gasteiger partial charge in [0.15, 0.2) is 0 Å². The smallest absolute Gasteiger partial charge is 0.323 e. The summed E-state index contributed by atoms with van der Waals surface area (Å²) in [4.78, 5) is 23.8. The molecule has 15 heavy (non-hydrogen) atoms. The predicted molar refractivity (Wildman–Crippen MR) is 53.5 cm³/mol. The molecule has 1 rings (SSSR count). The lowest BCUT2D eigenvalue weighted by molar-refractivity contribution is -0.150. The lowest BCUT2D eigenvalue weighted by Gasteiger charge is -2.27. The lowest BCUT2D eigenvalue weighted by atomic mass is 10.2. The number of carbonyl (C=O) groups excluding carboxylic acids is 1. The molecule has 0 aliphatic carbocycles. The highest BCUT2D eigenvalue weighted by atomic mass is 16.5. The Bertz CT molecular complexity index is 246. The summed E-state index contributed by atoms with van der Waals surface area (Å²) in [5.74, 6) is -1.19. The Labute approximate surface area is 89.0 Å². The van der Waals surface area contributed by atoms with Gasteiger partial charge < -0.3 is 14.7 Å². The topological polar surface area (TPSA) is 66.8 Å². The highest BCUT2D eigenvalue weighted by Crippen LogP contribution is 2.15. The minimum absolute atomic E-state index is 0.113. The molecule has 0 saturated carbocycles. The maximum atomic E-state index is 11.9. The van der Waals surface area contributed by atoms with Crippen molar-refractivity contribution in [2.45, 2.75) is 38.8 Å². The summed E-state index contributed by atoms with van der Waals surface area (Å²) in [5, 5.41) is 8.69. The van der Waals surface area contributed by atoms with Crippen LogP contribution in [0.4, 0.5) is 0 Å². The molecule has 0 bridgehead atoms. The third-order valence-electron chi connectivity index (χ3n) is 2.42. The van der Waals surface area contributed by atoms with Gasteiger partial charge in [-0.3, -0.25) is 9.59 Å². The Balaban J connectivity index is 2.61. The highest BCUT2D eigenvalue weighted by molar-refractivity contribution is 5.85. The van der Waals surface area contributed by atoms with Crippen LogP contribution < -0.4 is 0 Å². The number of hydrogen-bond acceptors (Lipinski definition) is 3. The van der Waals surface area contributed by atoms with Crippen LogP contribution in [-0.2, 0) is 14.3 Å². The molecule has 1 aliphatic heterocycles. The molecule has 0 radical (unpaired) electrons. The third kappa shape index (κ3) is 3.20. The summed E-state index contributed by atoms with van der Waals surface area (Å²) in [7, 11) is 0. The van der Waals surface area contributed by atoms with Crippen molar-refractivity contribution in [3.63, 3.8) is 0 Å². The van der Waals surface area contributed by atoms with Crippen LogP contribution in [0.15, 0.2) is 0 Å². The summed E-state index contributed by atoms with van der Waals surface area (Å²) < 4.78 is 5.24. The van der Waals surface area contributed by atoms with Gasteiger partial charge in [0.25, 0.3) is 5.91 Å². The molecular formula is C10H17NO4. The first-order valence-corrected chi connectivity index (χ1v) is 5.16. The third-order valence-corrected chi connectivity index (χ3v) is 2.42. The first-order valence-electron chi connectivity index (χ1n) is 5.16. The molecule has 1 unspecified atom stereocenters. The molecule has 1 saturated heterocycles. The monoisotopic (exact) mass is 215 g/mol. The number of ether oxygens (including phenoxy) is 1. The van der Waals surface area contributed by atoms with E-state index in [0.29, 0.717) is 13.0 Å². The molecule has 5 heteroatoms. The van der Waals surface area contributed by atoms with Gasteiger partial charge >= 0.3 is 5.97 Å². The average molecular weight is 215 g/mol. The van der Waals surface area contributed by atoms with Crippen LogP contribution in [0.3, 0.4) is 0 Å². The molecule has 1 N–H and O–H groups in total. The van der Waals surface area contributed by atoms with Crippen LogP contribution in [0.1, 0.15) is 26.7 Å². The first kappa shape index (κ1) is 12.0. The number of carboxylic acid groups (broad SMARTS) is 1. The molecule has 0 spiro atoms. The normalized spacial score (nSPS) is 20.6. The number of amides is 1. The van der Waals surface area contributed by atoms with Gasteiger partial charge in [-0.25, -0.2) is 0 Å². The van der Waals surface area contributed by atoms with Crippen molar-refractivity contribution in [2.24, 2.45) is 0 Å². The minimum atomic E-state index is -0.991. The van der Waals surface area contributed by atoms with Crippen molar-refractivity contribution in [2.75, 3.05) is 13.2 Å². The van der Waals surface area contributed by atoms with Crippen LogP contribution in [0.25, 0.3) is 0 Å².